The Morgan fingerprint density at radius 2 is 1.86 bits per heavy atom. The maximum atomic E-state index is 11.2. The number of Topliss-reactive ketones (excluding diaryl/α,β-unsaturated/α-hetero) is 1. The molecule has 0 unspecified atom stereocenters. The molecule has 82 valence electrons. The third-order valence-corrected chi connectivity index (χ3v) is 2.00. The molecule has 0 amide bonds. The van der Waals surface area contributed by atoms with Crippen molar-refractivity contribution < 1.29 is 14.3 Å². The minimum atomic E-state index is -0.255. The normalized spacial score (nSPS) is 12.6. The molecule has 0 aromatic carbocycles. The third kappa shape index (κ3) is 4.97. The summed E-state index contributed by atoms with van der Waals surface area (Å²) in [6.07, 6.45) is 0. The second-order valence-corrected chi connectivity index (χ2v) is 3.68. The minimum absolute atomic E-state index is 0.0379. The summed E-state index contributed by atoms with van der Waals surface area (Å²) in [4.78, 5) is 22.2. The van der Waals surface area contributed by atoms with Crippen LogP contribution < -0.4 is 5.32 Å². The van der Waals surface area contributed by atoms with E-state index in [1.165, 1.54) is 7.11 Å². The average Bonchev–Trinajstić information content (AvgIpc) is 2.15. The van der Waals surface area contributed by atoms with Crippen molar-refractivity contribution in [1.29, 1.82) is 0 Å². The third-order valence-electron chi connectivity index (χ3n) is 2.00. The maximum absolute atomic E-state index is 11.2. The van der Waals surface area contributed by atoms with Crippen molar-refractivity contribution in [2.45, 2.75) is 20.8 Å². The van der Waals surface area contributed by atoms with E-state index in [1.807, 2.05) is 13.8 Å². The molecule has 0 saturated heterocycles. The van der Waals surface area contributed by atoms with Gasteiger partial charge in [-0.05, 0) is 0 Å². The highest BCUT2D eigenvalue weighted by atomic mass is 16.5. The number of esters is 1. The van der Waals surface area contributed by atoms with Crippen molar-refractivity contribution in [2.24, 2.45) is 11.8 Å². The summed E-state index contributed by atoms with van der Waals surface area (Å²) >= 11 is 0. The molecule has 0 radical (unpaired) electrons. The van der Waals surface area contributed by atoms with Gasteiger partial charge in [0.25, 0.3) is 0 Å². The van der Waals surface area contributed by atoms with Gasteiger partial charge in [0, 0.05) is 12.5 Å². The number of hydrogen-bond acceptors (Lipinski definition) is 4. The van der Waals surface area contributed by atoms with Gasteiger partial charge in [-0.25, -0.2) is 0 Å². The fourth-order valence-electron chi connectivity index (χ4n) is 0.901. The zero-order chi connectivity index (χ0) is 11.1. The fraction of sp³-hybridized carbons (Fsp3) is 0.800. The zero-order valence-electron chi connectivity index (χ0n) is 9.29. The van der Waals surface area contributed by atoms with Crippen LogP contribution in [-0.4, -0.2) is 32.0 Å². The predicted octanol–water partition coefficient (Wildman–Crippen LogP) is 0.610. The summed E-state index contributed by atoms with van der Waals surface area (Å²) < 4.78 is 4.55. The van der Waals surface area contributed by atoms with Crippen LogP contribution in [0.4, 0.5) is 0 Å². The maximum Gasteiger partial charge on any atom is 0.309 e. The number of methoxy groups -OCH3 is 1. The first-order chi connectivity index (χ1) is 6.49. The number of rotatable bonds is 6. The van der Waals surface area contributed by atoms with Crippen LogP contribution in [0.1, 0.15) is 20.8 Å². The first kappa shape index (κ1) is 13.1. The highest BCUT2D eigenvalue weighted by Gasteiger charge is 2.13. The van der Waals surface area contributed by atoms with E-state index in [-0.39, 0.29) is 23.6 Å². The number of carbonyl (C=O) groups excluding carboxylic acids is 2. The molecule has 0 aliphatic carbocycles. The molecule has 0 fully saturated rings. The first-order valence-electron chi connectivity index (χ1n) is 4.80. The van der Waals surface area contributed by atoms with Crippen LogP contribution in [0, 0.1) is 11.8 Å². The van der Waals surface area contributed by atoms with Gasteiger partial charge in [0.1, 0.15) is 5.78 Å². The Hall–Kier alpha value is -0.900. The molecule has 4 heteroatoms. The lowest BCUT2D eigenvalue weighted by molar-refractivity contribution is -0.144. The minimum Gasteiger partial charge on any atom is -0.469 e. The standard InChI is InChI=1S/C10H19NO3/c1-7(2)9(12)6-11-5-8(3)10(13)14-4/h7-8,11H,5-6H2,1-4H3/t8-/m0/s1. The number of ether oxygens (including phenoxy) is 1. The lowest BCUT2D eigenvalue weighted by Crippen LogP contribution is -2.32. The van der Waals surface area contributed by atoms with Crippen molar-refractivity contribution in [1.82, 2.24) is 5.32 Å². The summed E-state index contributed by atoms with van der Waals surface area (Å²) in [6, 6.07) is 0. The van der Waals surface area contributed by atoms with Crippen molar-refractivity contribution in [3.8, 4) is 0 Å². The van der Waals surface area contributed by atoms with Gasteiger partial charge in [0.2, 0.25) is 0 Å². The van der Waals surface area contributed by atoms with Crippen LogP contribution in [0.2, 0.25) is 0 Å². The van der Waals surface area contributed by atoms with Gasteiger partial charge in [0.15, 0.2) is 0 Å². The Morgan fingerprint density at radius 3 is 2.29 bits per heavy atom. The van der Waals surface area contributed by atoms with E-state index in [9.17, 15) is 9.59 Å². The molecule has 0 spiro atoms. The molecule has 0 rings (SSSR count). The van der Waals surface area contributed by atoms with E-state index in [4.69, 9.17) is 0 Å². The Morgan fingerprint density at radius 1 is 1.29 bits per heavy atom. The highest BCUT2D eigenvalue weighted by Crippen LogP contribution is 1.96. The van der Waals surface area contributed by atoms with E-state index in [2.05, 4.69) is 10.1 Å². The van der Waals surface area contributed by atoms with Crippen molar-refractivity contribution in [3.05, 3.63) is 0 Å². The fourth-order valence-corrected chi connectivity index (χ4v) is 0.901. The molecular formula is C10H19NO3. The van der Waals surface area contributed by atoms with Gasteiger partial charge < -0.3 is 10.1 Å². The monoisotopic (exact) mass is 201 g/mol. The van der Waals surface area contributed by atoms with Crippen LogP contribution >= 0.6 is 0 Å². The van der Waals surface area contributed by atoms with Gasteiger partial charge in [-0.15, -0.1) is 0 Å². The molecule has 4 nitrogen and oxygen atoms in total. The van der Waals surface area contributed by atoms with Gasteiger partial charge >= 0.3 is 5.97 Å². The quantitative estimate of drug-likeness (QED) is 0.640. The van der Waals surface area contributed by atoms with Crippen LogP contribution in [0.3, 0.4) is 0 Å². The topological polar surface area (TPSA) is 55.4 Å². The summed E-state index contributed by atoms with van der Waals surface area (Å²) in [6.45, 7) is 6.27. The second kappa shape index (κ2) is 6.54. The van der Waals surface area contributed by atoms with Crippen molar-refractivity contribution >= 4 is 11.8 Å². The van der Waals surface area contributed by atoms with Gasteiger partial charge in [-0.2, -0.15) is 0 Å². The van der Waals surface area contributed by atoms with Gasteiger partial charge in [-0.1, -0.05) is 20.8 Å². The highest BCUT2D eigenvalue weighted by molar-refractivity contribution is 5.82. The average molecular weight is 201 g/mol. The van der Waals surface area contributed by atoms with E-state index < -0.39 is 0 Å². The molecule has 14 heavy (non-hydrogen) atoms. The number of hydrogen-bond donors (Lipinski definition) is 1. The Kier molecular flexibility index (Phi) is 6.12. The summed E-state index contributed by atoms with van der Waals surface area (Å²) in [5.74, 6) is -0.271. The first-order valence-corrected chi connectivity index (χ1v) is 4.80. The molecule has 0 saturated carbocycles. The molecule has 0 aliphatic heterocycles. The largest absolute Gasteiger partial charge is 0.469 e. The van der Waals surface area contributed by atoms with Crippen LogP contribution in [0.5, 0.6) is 0 Å². The molecule has 0 aromatic rings. The number of nitrogens with one attached hydrogen (secondary N) is 1. The van der Waals surface area contributed by atoms with E-state index in [0.29, 0.717) is 13.1 Å². The summed E-state index contributed by atoms with van der Waals surface area (Å²) in [7, 11) is 1.36. The van der Waals surface area contributed by atoms with Crippen molar-refractivity contribution in [2.75, 3.05) is 20.2 Å². The second-order valence-electron chi connectivity index (χ2n) is 3.68. The van der Waals surface area contributed by atoms with E-state index in [0.717, 1.165) is 0 Å². The molecule has 1 N–H and O–H groups in total. The lowest BCUT2D eigenvalue weighted by atomic mass is 10.1. The van der Waals surface area contributed by atoms with Crippen molar-refractivity contribution in [3.63, 3.8) is 0 Å². The summed E-state index contributed by atoms with van der Waals surface area (Å²) in [5, 5.41) is 2.93. The molecule has 1 atom stereocenters. The SMILES string of the molecule is COC(=O)[C@@H](C)CNCC(=O)C(C)C. The Bertz CT molecular complexity index is 202. The van der Waals surface area contributed by atoms with Gasteiger partial charge in [-0.3, -0.25) is 9.59 Å². The summed E-state index contributed by atoms with van der Waals surface area (Å²) in [5.41, 5.74) is 0. The molecule has 0 heterocycles. The zero-order valence-corrected chi connectivity index (χ0v) is 9.29. The van der Waals surface area contributed by atoms with Crippen LogP contribution in [0.15, 0.2) is 0 Å². The van der Waals surface area contributed by atoms with E-state index >= 15 is 0 Å². The Balaban J connectivity index is 3.64. The van der Waals surface area contributed by atoms with Crippen LogP contribution in [0.25, 0.3) is 0 Å². The predicted molar refractivity (Wildman–Crippen MR) is 53.9 cm³/mol. The van der Waals surface area contributed by atoms with Gasteiger partial charge in [0.05, 0.1) is 19.6 Å². The molecule has 0 aliphatic rings. The van der Waals surface area contributed by atoms with E-state index in [1.54, 1.807) is 6.92 Å². The molecule has 0 aromatic heterocycles. The lowest BCUT2D eigenvalue weighted by Gasteiger charge is -2.10. The number of ketones is 1. The smallest absolute Gasteiger partial charge is 0.309 e. The molecule has 0 bridgehead atoms. The number of carbonyl (C=O) groups is 2. The molecular weight excluding hydrogens is 182 g/mol. The Labute approximate surface area is 85.0 Å². The van der Waals surface area contributed by atoms with Crippen LogP contribution in [-0.2, 0) is 14.3 Å².